The molecule has 2 aromatic carbocycles. The first-order valence-electron chi connectivity index (χ1n) is 8.62. The minimum absolute atomic E-state index is 0.139. The number of aromatic nitrogens is 2. The fraction of sp³-hybridized carbons (Fsp3) is 0.143. The first-order chi connectivity index (χ1) is 13.3. The van der Waals surface area contributed by atoms with E-state index in [0.29, 0.717) is 23.6 Å². The van der Waals surface area contributed by atoms with E-state index < -0.39 is 0 Å². The normalized spacial score (nSPS) is 15.7. The Labute approximate surface area is 161 Å². The number of nitrogens with one attached hydrogen (secondary N) is 1. The van der Waals surface area contributed by atoms with Crippen molar-refractivity contribution in [3.05, 3.63) is 88.9 Å². The van der Waals surface area contributed by atoms with Crippen LogP contribution in [0, 0.1) is 11.3 Å². The van der Waals surface area contributed by atoms with Crippen LogP contribution >= 0.6 is 11.8 Å². The van der Waals surface area contributed by atoms with E-state index in [1.807, 2.05) is 36.4 Å². The largest absolute Gasteiger partial charge is 0.420 e. The Bertz CT molecular complexity index is 1010. The predicted octanol–water partition coefficient (Wildman–Crippen LogP) is 4.11. The summed E-state index contributed by atoms with van der Waals surface area (Å²) >= 11 is 1.71. The number of H-pyrrole nitrogens is 1. The zero-order valence-corrected chi connectivity index (χ0v) is 15.4. The third-order valence-corrected chi connectivity index (χ3v) is 5.58. The molecule has 0 fully saturated rings. The van der Waals surface area contributed by atoms with Gasteiger partial charge in [0.05, 0.1) is 11.3 Å². The molecule has 27 heavy (non-hydrogen) atoms. The second-order valence-corrected chi connectivity index (χ2v) is 7.31. The van der Waals surface area contributed by atoms with Crippen LogP contribution in [0.4, 0.5) is 0 Å². The fourth-order valence-corrected chi connectivity index (χ4v) is 4.13. The number of aromatic amines is 1. The summed E-state index contributed by atoms with van der Waals surface area (Å²) in [6.07, 6.45) is 0.670. The van der Waals surface area contributed by atoms with Crippen molar-refractivity contribution in [2.45, 2.75) is 23.0 Å². The van der Waals surface area contributed by atoms with Gasteiger partial charge in [0.1, 0.15) is 6.07 Å². The molecule has 3 N–H and O–H groups in total. The molecule has 4 rings (SSSR count). The molecule has 0 radical (unpaired) electrons. The highest BCUT2D eigenvalue weighted by molar-refractivity contribution is 7.98. The summed E-state index contributed by atoms with van der Waals surface area (Å²) in [5, 5.41) is 17.0. The van der Waals surface area contributed by atoms with Gasteiger partial charge in [-0.05, 0) is 24.1 Å². The highest BCUT2D eigenvalue weighted by Gasteiger charge is 2.33. The highest BCUT2D eigenvalue weighted by atomic mass is 32.2. The van der Waals surface area contributed by atoms with E-state index in [1.54, 1.807) is 11.8 Å². The number of nitrogens with two attached hydrogens (primary N) is 1. The summed E-state index contributed by atoms with van der Waals surface area (Å²) in [6, 6.07) is 22.5. The molecule has 3 aromatic rings. The van der Waals surface area contributed by atoms with E-state index in [2.05, 4.69) is 40.5 Å². The van der Waals surface area contributed by atoms with Crippen molar-refractivity contribution in [1.82, 2.24) is 10.2 Å². The molecule has 1 atom stereocenters. The second kappa shape index (κ2) is 7.60. The number of rotatable bonds is 5. The van der Waals surface area contributed by atoms with Crippen molar-refractivity contribution in [2.75, 3.05) is 0 Å². The molecule has 6 heteroatoms. The summed E-state index contributed by atoms with van der Waals surface area (Å²) in [4.78, 5) is 1.17. The van der Waals surface area contributed by atoms with Gasteiger partial charge in [0, 0.05) is 22.1 Å². The number of nitrogens with zero attached hydrogens (tertiary/aromatic N) is 2. The lowest BCUT2D eigenvalue weighted by Crippen LogP contribution is -2.21. The Balaban J connectivity index is 1.66. The predicted molar refractivity (Wildman–Crippen MR) is 105 cm³/mol. The maximum absolute atomic E-state index is 9.67. The molecule has 0 saturated carbocycles. The average molecular weight is 374 g/mol. The molecule has 0 bridgehead atoms. The van der Waals surface area contributed by atoms with Gasteiger partial charge in [-0.25, -0.2) is 0 Å². The number of thioether (sulfide) groups is 1. The van der Waals surface area contributed by atoms with Gasteiger partial charge in [-0.3, -0.25) is 5.10 Å². The zero-order valence-electron chi connectivity index (χ0n) is 14.6. The van der Waals surface area contributed by atoms with E-state index in [4.69, 9.17) is 10.5 Å². The first kappa shape index (κ1) is 17.3. The van der Waals surface area contributed by atoms with Crippen LogP contribution in [0.2, 0.25) is 0 Å². The first-order valence-corrected chi connectivity index (χ1v) is 9.61. The zero-order chi connectivity index (χ0) is 18.6. The summed E-state index contributed by atoms with van der Waals surface area (Å²) in [5.41, 5.74) is 9.48. The van der Waals surface area contributed by atoms with E-state index >= 15 is 0 Å². The van der Waals surface area contributed by atoms with Gasteiger partial charge in [-0.15, -0.1) is 16.9 Å². The second-order valence-electron chi connectivity index (χ2n) is 6.26. The minimum atomic E-state index is -0.175. The molecule has 1 aliphatic heterocycles. The van der Waals surface area contributed by atoms with Crippen LogP contribution in [0.15, 0.2) is 77.0 Å². The van der Waals surface area contributed by atoms with E-state index in [0.717, 1.165) is 16.8 Å². The maximum atomic E-state index is 9.67. The Morgan fingerprint density at radius 2 is 1.81 bits per heavy atom. The molecular formula is C21H18N4OS. The topological polar surface area (TPSA) is 87.7 Å². The molecule has 0 amide bonds. The van der Waals surface area contributed by atoms with Gasteiger partial charge in [0.2, 0.25) is 11.8 Å². The van der Waals surface area contributed by atoms with Crippen molar-refractivity contribution in [2.24, 2.45) is 5.73 Å². The molecule has 1 aliphatic rings. The van der Waals surface area contributed by atoms with Crippen LogP contribution in [0.25, 0.3) is 0 Å². The lowest BCUT2D eigenvalue weighted by atomic mass is 9.85. The smallest absolute Gasteiger partial charge is 0.243 e. The minimum Gasteiger partial charge on any atom is -0.420 e. The van der Waals surface area contributed by atoms with Gasteiger partial charge in [-0.2, -0.15) is 5.26 Å². The molecule has 134 valence electrons. The van der Waals surface area contributed by atoms with Crippen molar-refractivity contribution in [3.8, 4) is 11.9 Å². The number of ether oxygens (including phenoxy) is 1. The lowest BCUT2D eigenvalue weighted by molar-refractivity contribution is 0.373. The molecule has 2 heterocycles. The van der Waals surface area contributed by atoms with Crippen molar-refractivity contribution >= 4 is 11.8 Å². The van der Waals surface area contributed by atoms with Gasteiger partial charge < -0.3 is 10.5 Å². The number of fused-ring (bicyclic) bond motifs is 1. The third kappa shape index (κ3) is 3.55. The van der Waals surface area contributed by atoms with Gasteiger partial charge in [0.25, 0.3) is 0 Å². The average Bonchev–Trinajstić information content (AvgIpc) is 3.10. The number of nitriles is 1. The standard InChI is InChI=1S/C21H18N4OS/c22-12-17-16(11-14-7-3-1-4-8-14)19-18(24-25-21(19)26-20(17)23)13-27-15-9-5-2-6-10-15/h1-10,16H,11,13,23H2,(H,24,25). The van der Waals surface area contributed by atoms with Gasteiger partial charge >= 0.3 is 0 Å². The Morgan fingerprint density at radius 3 is 2.52 bits per heavy atom. The van der Waals surface area contributed by atoms with Crippen LogP contribution in [-0.4, -0.2) is 10.2 Å². The maximum Gasteiger partial charge on any atom is 0.243 e. The van der Waals surface area contributed by atoms with Crippen molar-refractivity contribution in [3.63, 3.8) is 0 Å². The lowest BCUT2D eigenvalue weighted by Gasteiger charge is -2.23. The summed E-state index contributed by atoms with van der Waals surface area (Å²) in [6.45, 7) is 0. The molecular weight excluding hydrogens is 356 g/mol. The Kier molecular flexibility index (Phi) is 4.86. The third-order valence-electron chi connectivity index (χ3n) is 4.55. The molecule has 0 aliphatic carbocycles. The summed E-state index contributed by atoms with van der Waals surface area (Å²) in [7, 11) is 0. The number of hydrogen-bond acceptors (Lipinski definition) is 5. The molecule has 1 aromatic heterocycles. The monoisotopic (exact) mass is 374 g/mol. The van der Waals surface area contributed by atoms with Crippen LogP contribution in [-0.2, 0) is 12.2 Å². The van der Waals surface area contributed by atoms with Crippen LogP contribution in [0.1, 0.15) is 22.7 Å². The molecule has 1 unspecified atom stereocenters. The van der Waals surface area contributed by atoms with Crippen LogP contribution < -0.4 is 10.5 Å². The number of benzene rings is 2. The SMILES string of the molecule is N#CC1=C(N)Oc2n[nH]c(CSc3ccccc3)c2C1Cc1ccccc1. The van der Waals surface area contributed by atoms with Crippen LogP contribution in [0.3, 0.4) is 0 Å². The molecule has 0 saturated heterocycles. The molecule has 5 nitrogen and oxygen atoms in total. The van der Waals surface area contributed by atoms with E-state index in [-0.39, 0.29) is 11.8 Å². The van der Waals surface area contributed by atoms with Gasteiger partial charge in [0.15, 0.2) is 0 Å². The van der Waals surface area contributed by atoms with E-state index in [9.17, 15) is 5.26 Å². The Hall–Kier alpha value is -3.17. The van der Waals surface area contributed by atoms with Crippen molar-refractivity contribution < 1.29 is 4.74 Å². The molecule has 0 spiro atoms. The quantitative estimate of drug-likeness (QED) is 0.656. The summed E-state index contributed by atoms with van der Waals surface area (Å²) in [5.74, 6) is 1.14. The number of allylic oxidation sites excluding steroid dienone is 1. The fourth-order valence-electron chi connectivity index (χ4n) is 3.25. The van der Waals surface area contributed by atoms with E-state index in [1.165, 1.54) is 4.90 Å². The number of hydrogen-bond donors (Lipinski definition) is 2. The Morgan fingerprint density at radius 1 is 1.11 bits per heavy atom. The highest BCUT2D eigenvalue weighted by Crippen LogP contribution is 2.42. The summed E-state index contributed by atoms with van der Waals surface area (Å²) < 4.78 is 5.62. The van der Waals surface area contributed by atoms with Gasteiger partial charge in [-0.1, -0.05) is 48.5 Å². The van der Waals surface area contributed by atoms with Crippen LogP contribution in [0.5, 0.6) is 5.88 Å². The van der Waals surface area contributed by atoms with Crippen molar-refractivity contribution in [1.29, 1.82) is 5.26 Å².